The molecule has 4 aromatic rings. The number of aromatic nitrogens is 6. The minimum Gasteiger partial charge on any atom is -0.483 e. The van der Waals surface area contributed by atoms with Crippen LogP contribution in [0.2, 0.25) is 0 Å². The molecule has 5 heterocycles. The zero-order valence-corrected chi connectivity index (χ0v) is 23.2. The van der Waals surface area contributed by atoms with Gasteiger partial charge in [0.25, 0.3) is 0 Å². The van der Waals surface area contributed by atoms with Crippen molar-refractivity contribution in [2.24, 2.45) is 0 Å². The van der Waals surface area contributed by atoms with Gasteiger partial charge in [0.2, 0.25) is 5.78 Å². The summed E-state index contributed by atoms with van der Waals surface area (Å²) < 4.78 is 28.3. The first-order valence-electron chi connectivity index (χ1n) is 13.2. The molecule has 12 heteroatoms. The zero-order valence-electron chi connectivity index (χ0n) is 23.2. The highest BCUT2D eigenvalue weighted by Crippen LogP contribution is 2.32. The van der Waals surface area contributed by atoms with E-state index >= 15 is 0 Å². The van der Waals surface area contributed by atoms with Gasteiger partial charge in [0, 0.05) is 24.8 Å². The van der Waals surface area contributed by atoms with Crippen molar-refractivity contribution in [2.45, 2.75) is 59.1 Å². The van der Waals surface area contributed by atoms with Crippen molar-refractivity contribution in [3.05, 3.63) is 59.6 Å². The molecule has 4 aromatic heterocycles. The summed E-state index contributed by atoms with van der Waals surface area (Å²) in [6.45, 7) is 10.3. The van der Waals surface area contributed by atoms with Crippen molar-refractivity contribution in [2.75, 3.05) is 19.7 Å². The molecule has 1 aliphatic rings. The largest absolute Gasteiger partial charge is 0.483 e. The van der Waals surface area contributed by atoms with Crippen LogP contribution in [-0.2, 0) is 4.74 Å². The number of hydrogen-bond donors (Lipinski definition) is 0. The first kappa shape index (κ1) is 27.2. The first-order valence-corrected chi connectivity index (χ1v) is 13.2. The van der Waals surface area contributed by atoms with E-state index < -0.39 is 11.4 Å². The molecular weight excluding hydrogens is 517 g/mol. The van der Waals surface area contributed by atoms with Crippen molar-refractivity contribution in [1.82, 2.24) is 34.5 Å². The Balaban J connectivity index is 1.35. The van der Waals surface area contributed by atoms with E-state index in [-0.39, 0.29) is 30.2 Å². The summed E-state index contributed by atoms with van der Waals surface area (Å²) in [5.41, 5.74) is 3.46. The number of carbonyl (C=O) groups is 2. The van der Waals surface area contributed by atoms with E-state index in [1.165, 1.54) is 12.1 Å². The van der Waals surface area contributed by atoms with Crippen LogP contribution in [0.25, 0.3) is 16.8 Å². The highest BCUT2D eigenvalue weighted by Gasteiger charge is 2.29. The fraction of sp³-hybridized carbons (Fsp3) is 0.429. The molecule has 0 aliphatic carbocycles. The lowest BCUT2D eigenvalue weighted by atomic mass is 10.0. The Labute approximate surface area is 230 Å². The summed E-state index contributed by atoms with van der Waals surface area (Å²) in [4.78, 5) is 30.6. The van der Waals surface area contributed by atoms with Gasteiger partial charge in [0.15, 0.2) is 6.61 Å². The Bertz CT molecular complexity index is 1550. The molecule has 5 rings (SSSR count). The van der Waals surface area contributed by atoms with E-state index in [1.54, 1.807) is 15.6 Å². The maximum Gasteiger partial charge on any atom is 0.410 e. The molecule has 0 aromatic carbocycles. The number of halogens is 1. The van der Waals surface area contributed by atoms with Gasteiger partial charge in [-0.1, -0.05) is 5.21 Å². The van der Waals surface area contributed by atoms with Crippen molar-refractivity contribution in [3.63, 3.8) is 0 Å². The minimum absolute atomic E-state index is 0.0900. The smallest absolute Gasteiger partial charge is 0.410 e. The fourth-order valence-electron chi connectivity index (χ4n) is 4.80. The van der Waals surface area contributed by atoms with Crippen molar-refractivity contribution in [1.29, 1.82) is 0 Å². The third kappa shape index (κ3) is 5.65. The number of ether oxygens (including phenoxy) is 2. The summed E-state index contributed by atoms with van der Waals surface area (Å²) >= 11 is 0. The molecule has 0 atom stereocenters. The first-order chi connectivity index (χ1) is 19.0. The van der Waals surface area contributed by atoms with Gasteiger partial charge in [-0.25, -0.2) is 23.4 Å². The molecule has 0 radical (unpaired) electrons. The summed E-state index contributed by atoms with van der Waals surface area (Å²) in [6, 6.07) is 4.43. The molecular formula is C28H32FN7O4. The summed E-state index contributed by atoms with van der Waals surface area (Å²) in [7, 11) is 0. The topological polar surface area (TPSA) is 117 Å². The van der Waals surface area contributed by atoms with Crippen LogP contribution in [0.1, 0.15) is 61.4 Å². The molecule has 1 saturated heterocycles. The minimum atomic E-state index is -0.534. The Morgan fingerprint density at radius 1 is 1.12 bits per heavy atom. The molecule has 40 heavy (non-hydrogen) atoms. The average molecular weight is 550 g/mol. The second-order valence-corrected chi connectivity index (χ2v) is 11.0. The van der Waals surface area contributed by atoms with Gasteiger partial charge in [-0.3, -0.25) is 4.79 Å². The normalized spacial score (nSPS) is 14.5. The number of aryl methyl sites for hydroxylation is 1. The maximum absolute atomic E-state index is 13.2. The van der Waals surface area contributed by atoms with Gasteiger partial charge >= 0.3 is 6.09 Å². The van der Waals surface area contributed by atoms with Crippen LogP contribution in [0, 0.1) is 19.7 Å². The quantitative estimate of drug-likeness (QED) is 0.321. The third-order valence-corrected chi connectivity index (χ3v) is 6.79. The number of fused-ring (bicyclic) bond motifs is 1. The molecule has 0 saturated carbocycles. The predicted molar refractivity (Wildman–Crippen MR) is 144 cm³/mol. The van der Waals surface area contributed by atoms with Crippen LogP contribution in [0.15, 0.2) is 36.8 Å². The highest BCUT2D eigenvalue weighted by atomic mass is 19.1. The molecule has 0 N–H and O–H groups in total. The average Bonchev–Trinajstić information content (AvgIpc) is 3.49. The third-order valence-electron chi connectivity index (χ3n) is 6.79. The summed E-state index contributed by atoms with van der Waals surface area (Å²) in [6.07, 6.45) is 5.73. The molecule has 210 valence electrons. The van der Waals surface area contributed by atoms with Gasteiger partial charge in [-0.15, -0.1) is 5.10 Å². The maximum atomic E-state index is 13.2. The van der Waals surface area contributed by atoms with Crippen LogP contribution in [-0.4, -0.2) is 71.7 Å². The number of nitrogens with zero attached hydrogens (tertiary/aromatic N) is 7. The highest BCUT2D eigenvalue weighted by molar-refractivity contribution is 5.95. The predicted octanol–water partition coefficient (Wildman–Crippen LogP) is 4.58. The molecule has 1 aliphatic heterocycles. The monoisotopic (exact) mass is 549 g/mol. The van der Waals surface area contributed by atoms with Crippen molar-refractivity contribution in [3.8, 4) is 17.0 Å². The van der Waals surface area contributed by atoms with E-state index in [2.05, 4.69) is 20.4 Å². The molecule has 11 nitrogen and oxygen atoms in total. The molecule has 0 unspecified atom stereocenters. The van der Waals surface area contributed by atoms with E-state index in [0.717, 1.165) is 41.4 Å². The van der Waals surface area contributed by atoms with E-state index in [4.69, 9.17) is 9.47 Å². The standard InChI is InChI=1S/C28H32FN7O4/c1-17-13-31-35-15-19(12-24(26(17)35)39-16-23(37)22-7-6-20(29)14-30-22)25-18(2)36(33-32-25)21-8-10-34(11-9-21)27(38)40-28(3,4)5/h6-7,12-15,21H,8-11,16H2,1-5H3. The Morgan fingerprint density at radius 2 is 1.88 bits per heavy atom. The van der Waals surface area contributed by atoms with Crippen LogP contribution in [0.4, 0.5) is 9.18 Å². The van der Waals surface area contributed by atoms with Crippen LogP contribution in [0.5, 0.6) is 5.75 Å². The van der Waals surface area contributed by atoms with Crippen LogP contribution >= 0.6 is 0 Å². The molecule has 0 bridgehead atoms. The van der Waals surface area contributed by atoms with Gasteiger partial charge in [-0.2, -0.15) is 5.10 Å². The number of pyridine rings is 2. The van der Waals surface area contributed by atoms with Gasteiger partial charge in [0.05, 0.1) is 24.1 Å². The van der Waals surface area contributed by atoms with E-state index in [9.17, 15) is 14.0 Å². The second-order valence-electron chi connectivity index (χ2n) is 11.0. The van der Waals surface area contributed by atoms with Crippen molar-refractivity contribution < 1.29 is 23.5 Å². The Kier molecular flexibility index (Phi) is 7.26. The number of likely N-dealkylation sites (tertiary alicyclic amines) is 1. The number of piperidine rings is 1. The Hall–Kier alpha value is -4.35. The SMILES string of the molecule is Cc1cnn2cc(-c3nnn(C4CCN(C(=O)OC(C)(C)C)CC4)c3C)cc(OCC(=O)c3ccc(F)cn3)c12. The number of Topliss-reactive ketones (excluding diaryl/α,β-unsaturated/α-hetero) is 1. The van der Waals surface area contributed by atoms with Crippen LogP contribution in [0.3, 0.4) is 0 Å². The van der Waals surface area contributed by atoms with E-state index in [1.807, 2.05) is 51.6 Å². The number of hydrogen-bond acceptors (Lipinski definition) is 8. The van der Waals surface area contributed by atoms with Gasteiger partial charge in [0.1, 0.15) is 34.1 Å². The van der Waals surface area contributed by atoms with Crippen LogP contribution < -0.4 is 4.74 Å². The lowest BCUT2D eigenvalue weighted by molar-refractivity contribution is 0.0183. The Morgan fingerprint density at radius 3 is 2.55 bits per heavy atom. The number of amides is 1. The van der Waals surface area contributed by atoms with Gasteiger partial charge in [-0.05, 0) is 71.2 Å². The fourth-order valence-corrected chi connectivity index (χ4v) is 4.80. The summed E-state index contributed by atoms with van der Waals surface area (Å²) in [5.74, 6) is -0.429. The molecule has 1 amide bonds. The second kappa shape index (κ2) is 10.7. The number of ketones is 1. The summed E-state index contributed by atoms with van der Waals surface area (Å²) in [5, 5.41) is 13.3. The number of carbonyl (C=O) groups excluding carboxylic acids is 2. The lowest BCUT2D eigenvalue weighted by Gasteiger charge is -2.33. The zero-order chi connectivity index (χ0) is 28.6. The van der Waals surface area contributed by atoms with E-state index in [0.29, 0.717) is 24.5 Å². The van der Waals surface area contributed by atoms with Gasteiger partial charge < -0.3 is 14.4 Å². The lowest BCUT2D eigenvalue weighted by Crippen LogP contribution is -2.42. The molecule has 1 fully saturated rings. The molecule has 0 spiro atoms. The number of rotatable bonds is 6. The van der Waals surface area contributed by atoms with Crippen molar-refractivity contribution >= 4 is 17.4 Å².